The van der Waals surface area contributed by atoms with Gasteiger partial charge in [0, 0.05) is 6.42 Å². The fourth-order valence-electron chi connectivity index (χ4n) is 2.07. The van der Waals surface area contributed by atoms with E-state index in [4.69, 9.17) is 9.47 Å². The van der Waals surface area contributed by atoms with Gasteiger partial charge in [-0.05, 0) is 49.1 Å². The summed E-state index contributed by atoms with van der Waals surface area (Å²) in [6, 6.07) is 17.7. The summed E-state index contributed by atoms with van der Waals surface area (Å²) in [5.41, 5.74) is 1.20. The number of rotatable bonds is 8. The van der Waals surface area contributed by atoms with Crippen LogP contribution in [0, 0.1) is 0 Å². The summed E-state index contributed by atoms with van der Waals surface area (Å²) in [6.45, 7) is 2.51. The van der Waals surface area contributed by atoms with Gasteiger partial charge in [-0.1, -0.05) is 37.3 Å². The van der Waals surface area contributed by atoms with Gasteiger partial charge in [0.15, 0.2) is 0 Å². The van der Waals surface area contributed by atoms with Crippen LogP contribution in [0.4, 0.5) is 0 Å². The first-order chi connectivity index (χ1) is 10.8. The number of aryl methyl sites for hydroxylation is 1. The van der Waals surface area contributed by atoms with E-state index >= 15 is 0 Å². The van der Waals surface area contributed by atoms with E-state index in [1.165, 1.54) is 5.56 Å². The van der Waals surface area contributed by atoms with Crippen molar-refractivity contribution in [3.8, 4) is 11.5 Å². The Labute approximate surface area is 131 Å². The maximum atomic E-state index is 11.4. The van der Waals surface area contributed by atoms with Crippen LogP contribution < -0.4 is 4.74 Å². The molecule has 0 saturated heterocycles. The molecular formula is C19H22O3. The highest BCUT2D eigenvalue weighted by Gasteiger charge is 2.03. The number of esters is 1. The van der Waals surface area contributed by atoms with E-state index in [-0.39, 0.29) is 5.97 Å². The van der Waals surface area contributed by atoms with Gasteiger partial charge in [-0.2, -0.15) is 0 Å². The maximum absolute atomic E-state index is 11.4. The first-order valence-corrected chi connectivity index (χ1v) is 7.75. The molecular weight excluding hydrogens is 276 g/mol. The molecule has 0 radical (unpaired) electrons. The van der Waals surface area contributed by atoms with E-state index in [9.17, 15) is 4.79 Å². The molecule has 0 aliphatic rings. The number of hydrogen-bond acceptors (Lipinski definition) is 3. The van der Waals surface area contributed by atoms with Crippen molar-refractivity contribution >= 4 is 5.97 Å². The van der Waals surface area contributed by atoms with Crippen molar-refractivity contribution in [2.45, 2.75) is 32.6 Å². The van der Waals surface area contributed by atoms with Crippen molar-refractivity contribution in [3.63, 3.8) is 0 Å². The van der Waals surface area contributed by atoms with Crippen LogP contribution in [0.3, 0.4) is 0 Å². The second-order valence-corrected chi connectivity index (χ2v) is 5.13. The topological polar surface area (TPSA) is 35.5 Å². The third kappa shape index (κ3) is 5.60. The van der Waals surface area contributed by atoms with Gasteiger partial charge in [0.2, 0.25) is 0 Å². The maximum Gasteiger partial charge on any atom is 0.305 e. The molecule has 0 heterocycles. The monoisotopic (exact) mass is 298 g/mol. The normalized spacial score (nSPS) is 10.2. The lowest BCUT2D eigenvalue weighted by atomic mass is 10.1. The van der Waals surface area contributed by atoms with Crippen LogP contribution in [-0.2, 0) is 16.0 Å². The van der Waals surface area contributed by atoms with Gasteiger partial charge >= 0.3 is 5.97 Å². The summed E-state index contributed by atoms with van der Waals surface area (Å²) in [5.74, 6) is 1.54. The highest BCUT2D eigenvalue weighted by molar-refractivity contribution is 5.69. The van der Waals surface area contributed by atoms with E-state index in [0.29, 0.717) is 13.0 Å². The lowest BCUT2D eigenvalue weighted by molar-refractivity contribution is -0.143. The molecule has 2 aromatic rings. The minimum Gasteiger partial charge on any atom is -0.466 e. The van der Waals surface area contributed by atoms with E-state index < -0.39 is 0 Å². The Morgan fingerprint density at radius 3 is 2.32 bits per heavy atom. The van der Waals surface area contributed by atoms with Crippen molar-refractivity contribution in [1.82, 2.24) is 0 Å². The van der Waals surface area contributed by atoms with Crippen LogP contribution in [0.5, 0.6) is 11.5 Å². The highest BCUT2D eigenvalue weighted by Crippen LogP contribution is 2.21. The predicted molar refractivity (Wildman–Crippen MR) is 87.1 cm³/mol. The Balaban J connectivity index is 1.76. The Bertz CT molecular complexity index is 561. The van der Waals surface area contributed by atoms with Gasteiger partial charge in [0.25, 0.3) is 0 Å². The third-order valence-electron chi connectivity index (χ3n) is 3.22. The lowest BCUT2D eigenvalue weighted by Gasteiger charge is -2.07. The summed E-state index contributed by atoms with van der Waals surface area (Å²) >= 11 is 0. The molecule has 0 amide bonds. The fraction of sp³-hybridized carbons (Fsp3) is 0.316. The molecule has 0 aromatic heterocycles. The first-order valence-electron chi connectivity index (χ1n) is 7.75. The van der Waals surface area contributed by atoms with E-state index in [0.717, 1.165) is 30.8 Å². The quantitative estimate of drug-likeness (QED) is 0.659. The van der Waals surface area contributed by atoms with E-state index in [2.05, 4.69) is 0 Å². The number of para-hydroxylation sites is 1. The molecule has 0 spiro atoms. The van der Waals surface area contributed by atoms with Crippen LogP contribution in [0.25, 0.3) is 0 Å². The summed E-state index contributed by atoms with van der Waals surface area (Å²) in [4.78, 5) is 11.4. The Kier molecular flexibility index (Phi) is 6.49. The standard InChI is InChI=1S/C19H22O3/c1-2-15-21-19(20)10-6-7-16-11-13-18(14-12-16)22-17-8-4-3-5-9-17/h3-5,8-9,11-14H,2,6-7,10,15H2,1H3. The average molecular weight is 298 g/mol. The fourth-order valence-corrected chi connectivity index (χ4v) is 2.07. The van der Waals surface area contributed by atoms with Crippen molar-refractivity contribution < 1.29 is 14.3 Å². The molecule has 0 aliphatic heterocycles. The van der Waals surface area contributed by atoms with Gasteiger partial charge in [-0.3, -0.25) is 4.79 Å². The minimum absolute atomic E-state index is 0.106. The number of benzene rings is 2. The Hall–Kier alpha value is -2.29. The first kappa shape index (κ1) is 16.1. The van der Waals surface area contributed by atoms with E-state index in [1.54, 1.807) is 0 Å². The molecule has 3 nitrogen and oxygen atoms in total. The van der Waals surface area contributed by atoms with E-state index in [1.807, 2.05) is 61.5 Å². The van der Waals surface area contributed by atoms with Crippen molar-refractivity contribution in [3.05, 3.63) is 60.2 Å². The molecule has 0 bridgehead atoms. The number of ether oxygens (including phenoxy) is 2. The van der Waals surface area contributed by atoms with Gasteiger partial charge in [-0.15, -0.1) is 0 Å². The predicted octanol–water partition coefficient (Wildman–Crippen LogP) is 4.75. The van der Waals surface area contributed by atoms with Crippen molar-refractivity contribution in [1.29, 1.82) is 0 Å². The molecule has 0 atom stereocenters. The lowest BCUT2D eigenvalue weighted by Crippen LogP contribution is -2.05. The minimum atomic E-state index is -0.106. The number of carbonyl (C=O) groups is 1. The smallest absolute Gasteiger partial charge is 0.305 e. The summed E-state index contributed by atoms with van der Waals surface area (Å²) in [7, 11) is 0. The zero-order chi connectivity index (χ0) is 15.6. The molecule has 3 heteroatoms. The molecule has 0 aliphatic carbocycles. The number of carbonyl (C=O) groups excluding carboxylic acids is 1. The van der Waals surface area contributed by atoms with Crippen LogP contribution in [0.1, 0.15) is 31.7 Å². The number of hydrogen-bond donors (Lipinski definition) is 0. The Morgan fingerprint density at radius 2 is 1.64 bits per heavy atom. The third-order valence-corrected chi connectivity index (χ3v) is 3.22. The summed E-state index contributed by atoms with van der Waals surface area (Å²) in [6.07, 6.45) is 3.02. The van der Waals surface area contributed by atoms with Crippen LogP contribution in [-0.4, -0.2) is 12.6 Å². The molecule has 0 saturated carbocycles. The summed E-state index contributed by atoms with van der Waals surface area (Å²) in [5, 5.41) is 0. The van der Waals surface area contributed by atoms with Gasteiger partial charge in [-0.25, -0.2) is 0 Å². The molecule has 116 valence electrons. The van der Waals surface area contributed by atoms with Gasteiger partial charge in [0.1, 0.15) is 11.5 Å². The SMILES string of the molecule is CCCOC(=O)CCCc1ccc(Oc2ccccc2)cc1. The van der Waals surface area contributed by atoms with Gasteiger partial charge < -0.3 is 9.47 Å². The zero-order valence-electron chi connectivity index (χ0n) is 13.0. The average Bonchev–Trinajstić information content (AvgIpc) is 2.55. The second-order valence-electron chi connectivity index (χ2n) is 5.13. The van der Waals surface area contributed by atoms with Crippen molar-refractivity contribution in [2.75, 3.05) is 6.61 Å². The Morgan fingerprint density at radius 1 is 0.955 bits per heavy atom. The molecule has 2 rings (SSSR count). The van der Waals surface area contributed by atoms with Crippen LogP contribution in [0.2, 0.25) is 0 Å². The highest BCUT2D eigenvalue weighted by atomic mass is 16.5. The second kappa shape index (κ2) is 8.88. The van der Waals surface area contributed by atoms with Gasteiger partial charge in [0.05, 0.1) is 6.61 Å². The summed E-state index contributed by atoms with van der Waals surface area (Å²) < 4.78 is 10.8. The van der Waals surface area contributed by atoms with Crippen LogP contribution in [0.15, 0.2) is 54.6 Å². The van der Waals surface area contributed by atoms with Crippen molar-refractivity contribution in [2.24, 2.45) is 0 Å². The zero-order valence-corrected chi connectivity index (χ0v) is 13.0. The molecule has 2 aromatic carbocycles. The molecule has 0 unspecified atom stereocenters. The van der Waals surface area contributed by atoms with Crippen LogP contribution >= 0.6 is 0 Å². The molecule has 0 fully saturated rings. The largest absolute Gasteiger partial charge is 0.466 e. The molecule has 0 N–H and O–H groups in total. The molecule has 22 heavy (non-hydrogen) atoms.